The van der Waals surface area contributed by atoms with E-state index in [1.165, 1.54) is 40.9 Å². The second-order valence-electron chi connectivity index (χ2n) is 5.06. The lowest BCUT2D eigenvalue weighted by Gasteiger charge is -2.06. The summed E-state index contributed by atoms with van der Waals surface area (Å²) in [5.74, 6) is 0.536. The van der Waals surface area contributed by atoms with Gasteiger partial charge in [-0.05, 0) is 36.4 Å². The van der Waals surface area contributed by atoms with Crippen LogP contribution in [0.5, 0.6) is 0 Å². The Balaban J connectivity index is 1.54. The van der Waals surface area contributed by atoms with E-state index in [1.54, 1.807) is 11.8 Å². The second-order valence-corrected chi connectivity index (χ2v) is 7.21. The normalized spacial score (nSPS) is 10.3. The van der Waals surface area contributed by atoms with Crippen molar-refractivity contribution in [1.29, 1.82) is 0 Å². The van der Waals surface area contributed by atoms with Gasteiger partial charge >= 0.3 is 0 Å². The number of nitrogens with one attached hydrogen (secondary N) is 2. The van der Waals surface area contributed by atoms with Crippen LogP contribution in [0.3, 0.4) is 0 Å². The summed E-state index contributed by atoms with van der Waals surface area (Å²) in [6, 6.07) is 15.5. The van der Waals surface area contributed by atoms with E-state index < -0.39 is 0 Å². The maximum Gasteiger partial charge on any atom is 0.234 e. The number of rotatable bonds is 9. The van der Waals surface area contributed by atoms with Gasteiger partial charge < -0.3 is 10.6 Å². The molecule has 0 bridgehead atoms. The van der Waals surface area contributed by atoms with E-state index in [2.05, 4.69) is 10.6 Å². The standard InChI is InChI=1S/C18H19FN2O2S2/c19-14-6-8-15(9-7-14)21-18(23)13-24-12-17(22)20-10-11-25-16-4-2-1-3-5-16/h1-9H,10-13H2,(H,20,22)(H,21,23). The average Bonchev–Trinajstić information content (AvgIpc) is 2.62. The Morgan fingerprint density at radius 2 is 1.60 bits per heavy atom. The first-order valence-corrected chi connectivity index (χ1v) is 9.85. The Morgan fingerprint density at radius 3 is 2.32 bits per heavy atom. The highest BCUT2D eigenvalue weighted by atomic mass is 32.2. The smallest absolute Gasteiger partial charge is 0.234 e. The summed E-state index contributed by atoms with van der Waals surface area (Å²) in [4.78, 5) is 24.6. The van der Waals surface area contributed by atoms with E-state index in [1.807, 2.05) is 30.3 Å². The van der Waals surface area contributed by atoms with Crippen LogP contribution >= 0.6 is 23.5 Å². The van der Waals surface area contributed by atoms with Gasteiger partial charge in [-0.3, -0.25) is 9.59 Å². The molecule has 4 nitrogen and oxygen atoms in total. The van der Waals surface area contributed by atoms with Crippen LogP contribution in [0.1, 0.15) is 0 Å². The first-order chi connectivity index (χ1) is 12.1. The highest BCUT2D eigenvalue weighted by Gasteiger charge is 2.06. The lowest BCUT2D eigenvalue weighted by atomic mass is 10.3. The summed E-state index contributed by atoms with van der Waals surface area (Å²) >= 11 is 2.92. The quantitative estimate of drug-likeness (QED) is 0.519. The zero-order valence-electron chi connectivity index (χ0n) is 13.5. The molecule has 0 saturated heterocycles. The predicted octanol–water partition coefficient (Wildman–Crippen LogP) is 3.41. The van der Waals surface area contributed by atoms with Crippen LogP contribution < -0.4 is 10.6 Å². The van der Waals surface area contributed by atoms with Crippen molar-refractivity contribution in [3.05, 3.63) is 60.4 Å². The number of carbonyl (C=O) groups excluding carboxylic acids is 2. The number of halogens is 1. The first-order valence-electron chi connectivity index (χ1n) is 7.71. The topological polar surface area (TPSA) is 58.2 Å². The Morgan fingerprint density at radius 1 is 0.920 bits per heavy atom. The van der Waals surface area contributed by atoms with Crippen molar-refractivity contribution in [3.8, 4) is 0 Å². The molecule has 0 fully saturated rings. The molecule has 0 aromatic heterocycles. The predicted molar refractivity (Wildman–Crippen MR) is 103 cm³/mol. The summed E-state index contributed by atoms with van der Waals surface area (Å²) in [5, 5.41) is 5.48. The van der Waals surface area contributed by atoms with Gasteiger partial charge in [0.15, 0.2) is 0 Å². The third-order valence-corrected chi connectivity index (χ3v) is 4.98. The number of carbonyl (C=O) groups is 2. The number of amides is 2. The molecule has 0 aliphatic carbocycles. The second kappa shape index (κ2) is 10.8. The van der Waals surface area contributed by atoms with Crippen molar-refractivity contribution in [3.63, 3.8) is 0 Å². The van der Waals surface area contributed by atoms with E-state index in [9.17, 15) is 14.0 Å². The zero-order valence-corrected chi connectivity index (χ0v) is 15.2. The Hall–Kier alpha value is -1.99. The Bertz CT molecular complexity index is 681. The number of hydrogen-bond acceptors (Lipinski definition) is 4. The minimum absolute atomic E-state index is 0.0896. The van der Waals surface area contributed by atoms with Crippen LogP contribution in [0.25, 0.3) is 0 Å². The van der Waals surface area contributed by atoms with Crippen LogP contribution in [0.15, 0.2) is 59.5 Å². The number of benzene rings is 2. The maximum absolute atomic E-state index is 12.8. The zero-order chi connectivity index (χ0) is 17.9. The van der Waals surface area contributed by atoms with Gasteiger partial charge in [0, 0.05) is 22.9 Å². The highest BCUT2D eigenvalue weighted by molar-refractivity contribution is 8.00. The van der Waals surface area contributed by atoms with E-state index in [0.717, 1.165) is 5.75 Å². The van der Waals surface area contributed by atoms with Crippen molar-refractivity contribution >= 4 is 41.0 Å². The maximum atomic E-state index is 12.8. The minimum atomic E-state index is -0.352. The SMILES string of the molecule is O=C(CSCC(=O)Nc1ccc(F)cc1)NCCSc1ccccc1. The molecule has 0 heterocycles. The Labute approximate surface area is 155 Å². The summed E-state index contributed by atoms with van der Waals surface area (Å²) in [5.41, 5.74) is 0.536. The molecule has 0 aliphatic heterocycles. The van der Waals surface area contributed by atoms with Crippen LogP contribution in [0, 0.1) is 5.82 Å². The largest absolute Gasteiger partial charge is 0.355 e. The molecule has 2 rings (SSSR count). The fourth-order valence-electron chi connectivity index (χ4n) is 1.89. The summed E-state index contributed by atoms with van der Waals surface area (Å²) in [7, 11) is 0. The van der Waals surface area contributed by atoms with E-state index in [-0.39, 0.29) is 29.1 Å². The van der Waals surface area contributed by atoms with Crippen LogP contribution in [-0.4, -0.2) is 35.6 Å². The van der Waals surface area contributed by atoms with Gasteiger partial charge in [0.25, 0.3) is 0 Å². The van der Waals surface area contributed by atoms with Crippen molar-refractivity contribution < 1.29 is 14.0 Å². The van der Waals surface area contributed by atoms with Gasteiger partial charge in [-0.15, -0.1) is 23.5 Å². The van der Waals surface area contributed by atoms with Crippen molar-refractivity contribution in [2.24, 2.45) is 0 Å². The lowest BCUT2D eigenvalue weighted by molar-refractivity contribution is -0.118. The van der Waals surface area contributed by atoms with Crippen LogP contribution in [0.2, 0.25) is 0 Å². The molecule has 2 N–H and O–H groups in total. The third-order valence-electron chi connectivity index (χ3n) is 3.03. The number of hydrogen-bond donors (Lipinski definition) is 2. The fraction of sp³-hybridized carbons (Fsp3) is 0.222. The molecule has 0 unspecified atom stereocenters. The molecular weight excluding hydrogens is 359 g/mol. The highest BCUT2D eigenvalue weighted by Crippen LogP contribution is 2.15. The molecule has 0 saturated carbocycles. The van der Waals surface area contributed by atoms with Gasteiger partial charge in [-0.2, -0.15) is 0 Å². The molecular formula is C18H19FN2O2S2. The summed E-state index contributed by atoms with van der Waals surface area (Å²) in [6.07, 6.45) is 0. The molecule has 2 amide bonds. The summed E-state index contributed by atoms with van der Waals surface area (Å²) in [6.45, 7) is 0.584. The molecule has 0 aliphatic rings. The number of anilines is 1. The molecule has 0 spiro atoms. The third kappa shape index (κ3) is 8.09. The van der Waals surface area contributed by atoms with E-state index in [4.69, 9.17) is 0 Å². The molecule has 7 heteroatoms. The van der Waals surface area contributed by atoms with E-state index >= 15 is 0 Å². The Kier molecular flexibility index (Phi) is 8.34. The van der Waals surface area contributed by atoms with Gasteiger partial charge in [0.2, 0.25) is 11.8 Å². The molecule has 132 valence electrons. The van der Waals surface area contributed by atoms with Gasteiger partial charge in [-0.1, -0.05) is 18.2 Å². The van der Waals surface area contributed by atoms with Crippen LogP contribution in [0.4, 0.5) is 10.1 Å². The fourth-order valence-corrected chi connectivity index (χ4v) is 3.33. The van der Waals surface area contributed by atoms with Gasteiger partial charge in [0.1, 0.15) is 5.82 Å². The van der Waals surface area contributed by atoms with Gasteiger partial charge in [-0.25, -0.2) is 4.39 Å². The average molecular weight is 378 g/mol. The molecule has 2 aromatic rings. The van der Waals surface area contributed by atoms with Gasteiger partial charge in [0.05, 0.1) is 11.5 Å². The van der Waals surface area contributed by atoms with Crippen molar-refractivity contribution in [1.82, 2.24) is 5.32 Å². The summed E-state index contributed by atoms with van der Waals surface area (Å²) < 4.78 is 12.8. The van der Waals surface area contributed by atoms with E-state index in [0.29, 0.717) is 12.2 Å². The lowest BCUT2D eigenvalue weighted by Crippen LogP contribution is -2.28. The first kappa shape index (κ1) is 19.3. The molecule has 2 aromatic carbocycles. The molecule has 25 heavy (non-hydrogen) atoms. The van der Waals surface area contributed by atoms with Crippen molar-refractivity contribution in [2.75, 3.05) is 29.1 Å². The van der Waals surface area contributed by atoms with Crippen LogP contribution in [-0.2, 0) is 9.59 Å². The minimum Gasteiger partial charge on any atom is -0.355 e. The monoisotopic (exact) mass is 378 g/mol. The number of thioether (sulfide) groups is 2. The molecule has 0 radical (unpaired) electrons. The molecule has 0 atom stereocenters. The van der Waals surface area contributed by atoms with Crippen molar-refractivity contribution in [2.45, 2.75) is 4.90 Å².